The van der Waals surface area contributed by atoms with Crippen LogP contribution in [-0.4, -0.2) is 5.11 Å². The highest BCUT2D eigenvalue weighted by Gasteiger charge is 2.16. The molecule has 0 unspecified atom stereocenters. The van der Waals surface area contributed by atoms with Gasteiger partial charge < -0.3 is 10.8 Å². The first kappa shape index (κ1) is 12.6. The Labute approximate surface area is 116 Å². The third-order valence-electron chi connectivity index (χ3n) is 3.49. The van der Waals surface area contributed by atoms with Crippen LogP contribution in [0.2, 0.25) is 0 Å². The van der Waals surface area contributed by atoms with E-state index in [1.54, 1.807) is 18.2 Å². The topological polar surface area (TPSA) is 46.2 Å². The van der Waals surface area contributed by atoms with E-state index in [4.69, 9.17) is 5.73 Å². The predicted octanol–water partition coefficient (Wildman–Crippen LogP) is 3.73. The Morgan fingerprint density at radius 3 is 2.35 bits per heavy atom. The fourth-order valence-electron chi connectivity index (χ4n) is 2.45. The normalized spacial score (nSPS) is 12.5. The number of phenolic OH excluding ortho intramolecular Hbond substituents is 1. The van der Waals surface area contributed by atoms with E-state index in [0.29, 0.717) is 5.56 Å². The van der Waals surface area contributed by atoms with Crippen LogP contribution in [0, 0.1) is 5.82 Å². The lowest BCUT2D eigenvalue weighted by Gasteiger charge is -2.17. The molecule has 3 N–H and O–H groups in total. The summed E-state index contributed by atoms with van der Waals surface area (Å²) in [5.41, 5.74) is 7.67. The summed E-state index contributed by atoms with van der Waals surface area (Å²) in [6.07, 6.45) is 0. The minimum atomic E-state index is -0.498. The first-order valence-electron chi connectivity index (χ1n) is 6.38. The average molecular weight is 267 g/mol. The Morgan fingerprint density at radius 2 is 1.60 bits per heavy atom. The maximum atomic E-state index is 13.0. The van der Waals surface area contributed by atoms with E-state index in [1.165, 1.54) is 12.1 Å². The van der Waals surface area contributed by atoms with Gasteiger partial charge in [0.1, 0.15) is 11.6 Å². The van der Waals surface area contributed by atoms with E-state index >= 15 is 0 Å². The van der Waals surface area contributed by atoms with Crippen LogP contribution in [0.25, 0.3) is 10.8 Å². The van der Waals surface area contributed by atoms with Gasteiger partial charge in [0.25, 0.3) is 0 Å². The van der Waals surface area contributed by atoms with Gasteiger partial charge in [-0.05, 0) is 34.5 Å². The predicted molar refractivity (Wildman–Crippen MR) is 78.0 cm³/mol. The van der Waals surface area contributed by atoms with Crippen LogP contribution in [0.3, 0.4) is 0 Å². The van der Waals surface area contributed by atoms with Crippen molar-refractivity contribution < 1.29 is 9.50 Å². The fraction of sp³-hybridized carbons (Fsp3) is 0.0588. The van der Waals surface area contributed by atoms with Crippen LogP contribution >= 0.6 is 0 Å². The van der Waals surface area contributed by atoms with Gasteiger partial charge in [0.15, 0.2) is 0 Å². The molecule has 20 heavy (non-hydrogen) atoms. The second kappa shape index (κ2) is 4.94. The molecule has 2 nitrogen and oxygen atoms in total. The van der Waals surface area contributed by atoms with Gasteiger partial charge in [-0.1, -0.05) is 42.5 Å². The molecule has 0 aliphatic heterocycles. The smallest absolute Gasteiger partial charge is 0.123 e. The van der Waals surface area contributed by atoms with Crippen molar-refractivity contribution in [3.8, 4) is 5.75 Å². The summed E-state index contributed by atoms with van der Waals surface area (Å²) in [7, 11) is 0. The van der Waals surface area contributed by atoms with Crippen LogP contribution < -0.4 is 5.73 Å². The number of benzene rings is 3. The van der Waals surface area contributed by atoms with Crippen LogP contribution in [0.5, 0.6) is 5.75 Å². The molecule has 0 aromatic heterocycles. The standard InChI is InChI=1S/C17H14FNO/c18-13-8-5-12(6-9-13)17(19)16-14-4-2-1-3-11(14)7-10-15(16)20/h1-10,17,20H,19H2/t17-/m0/s1. The Hall–Kier alpha value is -2.39. The van der Waals surface area contributed by atoms with Crippen molar-refractivity contribution in [1.82, 2.24) is 0 Å². The second-order valence-corrected chi connectivity index (χ2v) is 4.75. The summed E-state index contributed by atoms with van der Waals surface area (Å²) in [4.78, 5) is 0. The number of halogens is 1. The molecule has 0 aliphatic carbocycles. The molecule has 0 saturated carbocycles. The van der Waals surface area contributed by atoms with E-state index < -0.39 is 6.04 Å². The van der Waals surface area contributed by atoms with E-state index in [-0.39, 0.29) is 11.6 Å². The number of fused-ring (bicyclic) bond motifs is 1. The number of rotatable bonds is 2. The van der Waals surface area contributed by atoms with Gasteiger partial charge >= 0.3 is 0 Å². The van der Waals surface area contributed by atoms with Gasteiger partial charge in [-0.3, -0.25) is 0 Å². The van der Waals surface area contributed by atoms with Gasteiger partial charge in [-0.25, -0.2) is 4.39 Å². The van der Waals surface area contributed by atoms with Crippen molar-refractivity contribution >= 4 is 10.8 Å². The molecular weight excluding hydrogens is 253 g/mol. The Bertz CT molecular complexity index is 753. The lowest BCUT2D eigenvalue weighted by atomic mass is 9.93. The summed E-state index contributed by atoms with van der Waals surface area (Å²) in [6, 6.07) is 16.8. The molecule has 0 fully saturated rings. The summed E-state index contributed by atoms with van der Waals surface area (Å²) in [5, 5.41) is 12.1. The Morgan fingerprint density at radius 1 is 0.900 bits per heavy atom. The van der Waals surface area contributed by atoms with E-state index in [9.17, 15) is 9.50 Å². The van der Waals surface area contributed by atoms with Crippen LogP contribution in [-0.2, 0) is 0 Å². The van der Waals surface area contributed by atoms with Gasteiger partial charge in [-0.2, -0.15) is 0 Å². The van der Waals surface area contributed by atoms with Crippen LogP contribution in [0.4, 0.5) is 4.39 Å². The van der Waals surface area contributed by atoms with E-state index in [1.807, 2.05) is 30.3 Å². The number of hydrogen-bond donors (Lipinski definition) is 2. The SMILES string of the molecule is N[C@@H](c1ccc(F)cc1)c1c(O)ccc2ccccc12. The van der Waals surface area contributed by atoms with E-state index in [0.717, 1.165) is 16.3 Å². The highest BCUT2D eigenvalue weighted by atomic mass is 19.1. The van der Waals surface area contributed by atoms with Crippen LogP contribution in [0.1, 0.15) is 17.2 Å². The third-order valence-corrected chi connectivity index (χ3v) is 3.49. The molecule has 100 valence electrons. The van der Waals surface area contributed by atoms with Crippen LogP contribution in [0.15, 0.2) is 60.7 Å². The minimum Gasteiger partial charge on any atom is -0.508 e. The lowest BCUT2D eigenvalue weighted by Crippen LogP contribution is -2.12. The number of aromatic hydroxyl groups is 1. The molecule has 0 amide bonds. The fourth-order valence-corrected chi connectivity index (χ4v) is 2.45. The first-order chi connectivity index (χ1) is 9.66. The third kappa shape index (κ3) is 2.12. The molecule has 1 atom stereocenters. The molecule has 0 heterocycles. The Kier molecular flexibility index (Phi) is 3.12. The second-order valence-electron chi connectivity index (χ2n) is 4.75. The van der Waals surface area contributed by atoms with Crippen molar-refractivity contribution in [1.29, 1.82) is 0 Å². The number of phenols is 1. The zero-order valence-corrected chi connectivity index (χ0v) is 10.8. The van der Waals surface area contributed by atoms with Gasteiger partial charge in [0.05, 0.1) is 6.04 Å². The largest absolute Gasteiger partial charge is 0.508 e. The molecule has 3 rings (SSSR count). The van der Waals surface area contributed by atoms with Crippen molar-refractivity contribution in [2.75, 3.05) is 0 Å². The van der Waals surface area contributed by atoms with Gasteiger partial charge in [-0.15, -0.1) is 0 Å². The molecular formula is C17H14FNO. The molecule has 0 saturated heterocycles. The van der Waals surface area contributed by atoms with Gasteiger partial charge in [0, 0.05) is 5.56 Å². The number of hydrogen-bond acceptors (Lipinski definition) is 2. The molecule has 0 spiro atoms. The van der Waals surface area contributed by atoms with Crippen molar-refractivity contribution in [3.63, 3.8) is 0 Å². The Balaban J connectivity index is 2.18. The summed E-state index contributed by atoms with van der Waals surface area (Å²) < 4.78 is 13.0. The average Bonchev–Trinajstić information content (AvgIpc) is 2.47. The van der Waals surface area contributed by atoms with E-state index in [2.05, 4.69) is 0 Å². The molecule has 3 aromatic rings. The first-order valence-corrected chi connectivity index (χ1v) is 6.38. The van der Waals surface area contributed by atoms with Crippen molar-refractivity contribution in [2.24, 2.45) is 5.73 Å². The van der Waals surface area contributed by atoms with Gasteiger partial charge in [0.2, 0.25) is 0 Å². The summed E-state index contributed by atoms with van der Waals surface area (Å²) >= 11 is 0. The zero-order valence-electron chi connectivity index (χ0n) is 10.8. The quantitative estimate of drug-likeness (QED) is 0.743. The maximum absolute atomic E-state index is 13.0. The zero-order chi connectivity index (χ0) is 14.1. The lowest BCUT2D eigenvalue weighted by molar-refractivity contribution is 0.466. The maximum Gasteiger partial charge on any atom is 0.123 e. The minimum absolute atomic E-state index is 0.153. The number of nitrogens with two attached hydrogens (primary N) is 1. The molecule has 0 bridgehead atoms. The molecule has 0 aliphatic rings. The molecule has 3 aromatic carbocycles. The molecule has 0 radical (unpaired) electrons. The summed E-state index contributed by atoms with van der Waals surface area (Å²) in [5.74, 6) is -0.149. The highest BCUT2D eigenvalue weighted by molar-refractivity contribution is 5.88. The molecule has 3 heteroatoms. The van der Waals surface area contributed by atoms with Crippen molar-refractivity contribution in [3.05, 3.63) is 77.6 Å². The monoisotopic (exact) mass is 267 g/mol. The van der Waals surface area contributed by atoms with Crippen molar-refractivity contribution in [2.45, 2.75) is 6.04 Å². The summed E-state index contributed by atoms with van der Waals surface area (Å²) in [6.45, 7) is 0. The highest BCUT2D eigenvalue weighted by Crippen LogP contribution is 2.34.